The largest absolute Gasteiger partial charge is 1.00 e. The molecule has 3 nitrogen and oxygen atoms in total. The number of halogens is 4. The van der Waals surface area contributed by atoms with E-state index in [0.717, 1.165) is 0 Å². The predicted octanol–water partition coefficient (Wildman–Crippen LogP) is 0.773. The van der Waals surface area contributed by atoms with Gasteiger partial charge in [0.05, 0.1) is 22.5 Å². The van der Waals surface area contributed by atoms with Gasteiger partial charge in [0.25, 0.3) is 0 Å². The predicted molar refractivity (Wildman–Crippen MR) is 87.4 cm³/mol. The highest BCUT2D eigenvalue weighted by atomic mass is 127. The molecule has 1 aromatic rings. The van der Waals surface area contributed by atoms with Crippen LogP contribution in [0.5, 0.6) is 0 Å². The summed E-state index contributed by atoms with van der Waals surface area (Å²) in [4.78, 5) is 11.4. The van der Waals surface area contributed by atoms with Gasteiger partial charge in [-0.1, -0.05) is 15.9 Å². The quantitative estimate of drug-likeness (QED) is 0.333. The maximum absolute atomic E-state index is 13.6. The molecule has 0 aromatic heterocycles. The third kappa shape index (κ3) is 8.02. The van der Waals surface area contributed by atoms with Crippen LogP contribution in [0.15, 0.2) is 16.6 Å². The van der Waals surface area contributed by atoms with Crippen molar-refractivity contribution in [2.24, 2.45) is 5.92 Å². The van der Waals surface area contributed by atoms with E-state index in [1.807, 2.05) is 0 Å². The Labute approximate surface area is 162 Å². The minimum Gasteiger partial charge on any atom is -1.00 e. The molecule has 0 saturated heterocycles. The van der Waals surface area contributed by atoms with Gasteiger partial charge in [-0.05, 0) is 25.5 Å². The Morgan fingerprint density at radius 3 is 2.13 bits per heavy atom. The Hall–Kier alpha value is -0.0900. The molecule has 132 valence electrons. The van der Waals surface area contributed by atoms with E-state index in [4.69, 9.17) is 4.74 Å². The Morgan fingerprint density at radius 1 is 1.30 bits per heavy atom. The van der Waals surface area contributed by atoms with E-state index in [9.17, 15) is 17.8 Å². The summed E-state index contributed by atoms with van der Waals surface area (Å²) < 4.78 is 42.6. The van der Waals surface area contributed by atoms with E-state index in [1.165, 1.54) is 12.1 Å². The Bertz CT molecular complexity index is 575. The smallest absolute Gasteiger partial charge is 0.309 e. The summed E-state index contributed by atoms with van der Waals surface area (Å²) in [5.74, 6) is -2.40. The van der Waals surface area contributed by atoms with Crippen molar-refractivity contribution in [3.8, 4) is 0 Å². The molecule has 1 aromatic carbocycles. The zero-order chi connectivity index (χ0) is 17.1. The molecule has 8 heteroatoms. The Morgan fingerprint density at radius 2 is 1.74 bits per heavy atom. The first-order valence-electron chi connectivity index (χ1n) is 6.74. The lowest BCUT2D eigenvalue weighted by Gasteiger charge is -2.05. The number of benzene rings is 1. The van der Waals surface area contributed by atoms with Crippen LogP contribution in [0.3, 0.4) is 0 Å². The molecular formula is C15H20BrF2IO3S. The molecular weight excluding hydrogens is 505 g/mol. The molecule has 0 aliphatic heterocycles. The molecule has 23 heavy (non-hydrogen) atoms. The van der Waals surface area contributed by atoms with Gasteiger partial charge in [0.15, 0.2) is 0 Å². The number of rotatable bonds is 3. The Balaban J connectivity index is 0.000000709. The molecule has 0 amide bonds. The molecule has 1 saturated carbocycles. The monoisotopic (exact) mass is 524 g/mol. The summed E-state index contributed by atoms with van der Waals surface area (Å²) in [7, 11) is -1.42. The van der Waals surface area contributed by atoms with Crippen LogP contribution in [0.4, 0.5) is 8.78 Å². The third-order valence-corrected chi connectivity index (χ3v) is 3.25. The van der Waals surface area contributed by atoms with Gasteiger partial charge < -0.3 is 28.7 Å². The second-order valence-corrected chi connectivity index (χ2v) is 10.1. The van der Waals surface area contributed by atoms with Crippen LogP contribution in [0.1, 0.15) is 24.8 Å². The fourth-order valence-corrected chi connectivity index (χ4v) is 2.33. The van der Waals surface area contributed by atoms with Crippen molar-refractivity contribution in [3.05, 3.63) is 33.8 Å². The molecule has 1 fully saturated rings. The fourth-order valence-electron chi connectivity index (χ4n) is 1.93. The van der Waals surface area contributed by atoms with E-state index in [-0.39, 0.29) is 48.0 Å². The number of hydrogen-bond acceptors (Lipinski definition) is 3. The zero-order valence-corrected chi connectivity index (χ0v) is 17.9. The van der Waals surface area contributed by atoms with Crippen molar-refractivity contribution in [3.63, 3.8) is 0 Å². The van der Waals surface area contributed by atoms with Gasteiger partial charge in [0.1, 0.15) is 30.4 Å². The normalized spacial score (nSPS) is 19.1. The maximum Gasteiger partial charge on any atom is 0.309 e. The maximum atomic E-state index is 13.6. The topological polar surface area (TPSA) is 43.4 Å². The van der Waals surface area contributed by atoms with Gasteiger partial charge in [0.2, 0.25) is 0 Å². The molecule has 1 aliphatic carbocycles. The number of hydrogen-bond donors (Lipinski definition) is 0. The summed E-state index contributed by atoms with van der Waals surface area (Å²) in [5.41, 5.74) is -0.00810. The Kier molecular flexibility index (Phi) is 9.37. The first kappa shape index (κ1) is 22.9. The number of carbonyl (C=O) groups is 1. The molecule has 1 aliphatic rings. The molecule has 2 unspecified atom stereocenters. The number of carbonyl (C=O) groups excluding carboxylic acids is 1. The van der Waals surface area contributed by atoms with Gasteiger partial charge in [-0.15, -0.1) is 4.21 Å². The highest BCUT2D eigenvalue weighted by Gasteiger charge is 2.47. The minimum atomic E-state index is -1.42. The zero-order valence-electron chi connectivity index (χ0n) is 13.4. The second-order valence-electron chi connectivity index (χ2n) is 5.71. The van der Waals surface area contributed by atoms with E-state index >= 15 is 0 Å². The lowest BCUT2D eigenvalue weighted by molar-refractivity contribution is -0.144. The molecule has 0 N–H and O–H groups in total. The standard InChI is InChI=1S/C12H11BrF2O2.C3H9OS.HI/c1-2-17-12(16)8-5-7(8)11-9(14)3-6(13)4-10(11)15;1-5(2,3)4;/h3-4,7-8H,2,5H2,1H3;1-3H3;1H/q;+1;/p-1. The molecule has 0 radical (unpaired) electrons. The molecule has 2 rings (SSSR count). The van der Waals surface area contributed by atoms with Crippen LogP contribution in [0.25, 0.3) is 0 Å². The number of ether oxygens (including phenoxy) is 1. The fraction of sp³-hybridized carbons (Fsp3) is 0.533. The van der Waals surface area contributed by atoms with Crippen molar-refractivity contribution >= 4 is 31.8 Å². The first-order chi connectivity index (χ1) is 10.0. The van der Waals surface area contributed by atoms with Crippen LogP contribution in [0, 0.1) is 17.6 Å². The van der Waals surface area contributed by atoms with E-state index in [0.29, 0.717) is 10.9 Å². The van der Waals surface area contributed by atoms with Gasteiger partial charge in [-0.2, -0.15) is 0 Å². The first-order valence-corrected chi connectivity index (χ1v) is 10.3. The molecule has 0 heterocycles. The van der Waals surface area contributed by atoms with Gasteiger partial charge in [-0.3, -0.25) is 4.79 Å². The molecule has 0 bridgehead atoms. The highest BCUT2D eigenvalue weighted by Crippen LogP contribution is 2.50. The van der Waals surface area contributed by atoms with Crippen molar-refractivity contribution in [1.29, 1.82) is 0 Å². The van der Waals surface area contributed by atoms with E-state index in [1.54, 1.807) is 25.7 Å². The summed E-state index contributed by atoms with van der Waals surface area (Å²) in [6.45, 7) is 1.99. The average molecular weight is 525 g/mol. The van der Waals surface area contributed by atoms with Gasteiger partial charge >= 0.3 is 5.97 Å². The van der Waals surface area contributed by atoms with Crippen molar-refractivity contribution in [1.82, 2.24) is 0 Å². The van der Waals surface area contributed by atoms with E-state index in [2.05, 4.69) is 15.9 Å². The summed E-state index contributed by atoms with van der Waals surface area (Å²) in [6, 6.07) is 2.41. The number of esters is 1. The summed E-state index contributed by atoms with van der Waals surface area (Å²) in [6.07, 6.45) is 5.60. The van der Waals surface area contributed by atoms with Crippen molar-refractivity contribution < 1.29 is 46.5 Å². The van der Waals surface area contributed by atoms with Gasteiger partial charge in [0, 0.05) is 16.0 Å². The van der Waals surface area contributed by atoms with Crippen LogP contribution >= 0.6 is 15.9 Å². The van der Waals surface area contributed by atoms with Crippen LogP contribution in [0.2, 0.25) is 0 Å². The summed E-state index contributed by atoms with van der Waals surface area (Å²) in [5, 5.41) is 0. The molecule has 2 atom stereocenters. The SMILES string of the molecule is CCOC(=O)C1CC1c1c(F)cc(Br)cc1F.C[S+](C)(C)=O.[I-]. The minimum absolute atomic E-state index is 0. The summed E-state index contributed by atoms with van der Waals surface area (Å²) >= 11 is 3.01. The molecule has 0 spiro atoms. The van der Waals surface area contributed by atoms with Crippen LogP contribution in [-0.4, -0.2) is 31.3 Å². The second kappa shape index (κ2) is 9.41. The third-order valence-electron chi connectivity index (χ3n) is 2.79. The van der Waals surface area contributed by atoms with Crippen LogP contribution < -0.4 is 24.0 Å². The highest BCUT2D eigenvalue weighted by molar-refractivity contribution is 9.10. The average Bonchev–Trinajstić information content (AvgIpc) is 3.05. The van der Waals surface area contributed by atoms with Gasteiger partial charge in [-0.25, -0.2) is 8.78 Å². The van der Waals surface area contributed by atoms with E-state index < -0.39 is 27.5 Å². The lowest BCUT2D eigenvalue weighted by atomic mass is 10.1. The van der Waals surface area contributed by atoms with Crippen molar-refractivity contribution in [2.75, 3.05) is 25.4 Å². The van der Waals surface area contributed by atoms with Crippen LogP contribution in [-0.2, 0) is 23.7 Å². The van der Waals surface area contributed by atoms with Crippen molar-refractivity contribution in [2.45, 2.75) is 19.3 Å². The lowest BCUT2D eigenvalue weighted by Crippen LogP contribution is -3.00.